The van der Waals surface area contributed by atoms with E-state index in [0.717, 1.165) is 51.4 Å². The molecule has 9 nitrogen and oxygen atoms in total. The molecule has 0 saturated carbocycles. The van der Waals surface area contributed by atoms with E-state index >= 15 is 0 Å². The molecule has 0 aliphatic rings. The number of aliphatic hydroxyl groups excluding tert-OH is 1. The van der Waals surface area contributed by atoms with Crippen LogP contribution in [0.2, 0.25) is 0 Å². The highest BCUT2D eigenvalue weighted by Gasteiger charge is 2.20. The summed E-state index contributed by atoms with van der Waals surface area (Å²) in [4.78, 5) is 33.4. The molecular weight excluding hydrogens is 427 g/mol. The van der Waals surface area contributed by atoms with Gasteiger partial charge in [-0.15, -0.1) is 0 Å². The van der Waals surface area contributed by atoms with Gasteiger partial charge in [0.25, 0.3) is 0 Å². The molecule has 0 fully saturated rings. The van der Waals surface area contributed by atoms with Crippen molar-refractivity contribution < 1.29 is 43.7 Å². The SMILES string of the molecule is CCCC/C=C/C(C/C=C\CCCCCCCC(=O)OC(CO)COP(=O)(O)O)OO. The number of carbonyl (C=O) groups is 1. The Hall–Kier alpha value is -1.06. The Labute approximate surface area is 185 Å². The lowest BCUT2D eigenvalue weighted by molar-refractivity contribution is -0.264. The highest BCUT2D eigenvalue weighted by Crippen LogP contribution is 2.35. The van der Waals surface area contributed by atoms with Crippen LogP contribution in [-0.4, -0.2) is 51.5 Å². The second-order valence-corrected chi connectivity index (χ2v) is 8.55. The maximum absolute atomic E-state index is 11.7. The molecule has 10 heteroatoms. The zero-order valence-corrected chi connectivity index (χ0v) is 19.3. The average molecular weight is 467 g/mol. The summed E-state index contributed by atoms with van der Waals surface area (Å²) in [6.45, 7) is 1.01. The largest absolute Gasteiger partial charge is 0.469 e. The molecule has 0 saturated heterocycles. The Morgan fingerprint density at radius 1 is 1.00 bits per heavy atom. The third-order valence-corrected chi connectivity index (χ3v) is 4.91. The fourth-order valence-corrected chi connectivity index (χ4v) is 3.05. The second kappa shape index (κ2) is 19.6. The van der Waals surface area contributed by atoms with Crippen LogP contribution in [0.1, 0.15) is 77.6 Å². The van der Waals surface area contributed by atoms with Crippen molar-refractivity contribution in [2.45, 2.75) is 89.8 Å². The first-order valence-corrected chi connectivity index (χ1v) is 12.5. The molecule has 0 rings (SSSR count). The minimum atomic E-state index is -4.66. The summed E-state index contributed by atoms with van der Waals surface area (Å²) in [5.74, 6) is -0.527. The number of hydrogen-bond donors (Lipinski definition) is 4. The lowest BCUT2D eigenvalue weighted by Gasteiger charge is -2.15. The van der Waals surface area contributed by atoms with Crippen LogP contribution in [0.25, 0.3) is 0 Å². The summed E-state index contributed by atoms with van der Waals surface area (Å²) < 4.78 is 19.8. The van der Waals surface area contributed by atoms with Crippen LogP contribution < -0.4 is 0 Å². The molecule has 0 heterocycles. The maximum Gasteiger partial charge on any atom is 0.469 e. The van der Waals surface area contributed by atoms with E-state index < -0.39 is 33.1 Å². The monoisotopic (exact) mass is 466 g/mol. The quantitative estimate of drug-likeness (QED) is 0.0516. The van der Waals surface area contributed by atoms with Crippen molar-refractivity contribution in [2.75, 3.05) is 13.2 Å². The molecule has 0 spiro atoms. The summed E-state index contributed by atoms with van der Waals surface area (Å²) in [6.07, 6.45) is 16.2. The normalized spacial score (nSPS) is 14.4. The van der Waals surface area contributed by atoms with Gasteiger partial charge in [-0.25, -0.2) is 9.45 Å². The van der Waals surface area contributed by atoms with Crippen LogP contribution in [0.5, 0.6) is 0 Å². The van der Waals surface area contributed by atoms with Crippen LogP contribution in [0, 0.1) is 0 Å². The lowest BCUT2D eigenvalue weighted by Crippen LogP contribution is -2.26. The van der Waals surface area contributed by atoms with Gasteiger partial charge in [-0.1, -0.05) is 63.3 Å². The minimum Gasteiger partial charge on any atom is -0.457 e. The van der Waals surface area contributed by atoms with Gasteiger partial charge in [0, 0.05) is 6.42 Å². The zero-order chi connectivity index (χ0) is 23.4. The fourth-order valence-electron chi connectivity index (χ4n) is 2.69. The summed E-state index contributed by atoms with van der Waals surface area (Å²) in [5.41, 5.74) is 0. The number of ether oxygens (including phenoxy) is 1. The molecule has 0 aromatic rings. The standard InChI is InChI=1S/C21H39O9P/c1-2-3-4-11-14-19(30-24)15-12-9-7-5-6-8-10-13-16-21(23)29-20(17-22)18-28-31(25,26)27/h9,11-12,14,19-20,22,24H,2-8,10,13,15-18H2,1H3,(H2,25,26,27)/b12-9-,14-11+. The molecule has 4 N–H and O–H groups in total. The summed E-state index contributed by atoms with van der Waals surface area (Å²) in [6, 6.07) is 0. The van der Waals surface area contributed by atoms with Crippen molar-refractivity contribution in [3.05, 3.63) is 24.3 Å². The van der Waals surface area contributed by atoms with Gasteiger partial charge in [0.15, 0.2) is 0 Å². The first-order chi connectivity index (χ1) is 14.8. The molecule has 0 bridgehead atoms. The molecule has 0 radical (unpaired) electrons. The van der Waals surface area contributed by atoms with E-state index in [-0.39, 0.29) is 12.5 Å². The number of esters is 1. The summed E-state index contributed by atoms with van der Waals surface area (Å²) >= 11 is 0. The van der Waals surface area contributed by atoms with E-state index in [1.54, 1.807) is 0 Å². The van der Waals surface area contributed by atoms with Crippen molar-refractivity contribution >= 4 is 13.8 Å². The Morgan fingerprint density at radius 3 is 2.32 bits per heavy atom. The van der Waals surface area contributed by atoms with Gasteiger partial charge >= 0.3 is 13.8 Å². The van der Waals surface area contributed by atoms with E-state index in [2.05, 4.69) is 22.4 Å². The predicted molar refractivity (Wildman–Crippen MR) is 117 cm³/mol. The van der Waals surface area contributed by atoms with Crippen LogP contribution in [0.4, 0.5) is 0 Å². The molecule has 2 unspecified atom stereocenters. The Bertz CT molecular complexity index is 545. The van der Waals surface area contributed by atoms with E-state index in [4.69, 9.17) is 24.9 Å². The van der Waals surface area contributed by atoms with Gasteiger partial charge in [-0.2, -0.15) is 0 Å². The number of allylic oxidation sites excluding steroid dienone is 2. The summed E-state index contributed by atoms with van der Waals surface area (Å²) in [7, 11) is -4.66. The van der Waals surface area contributed by atoms with Gasteiger partial charge in [0.2, 0.25) is 0 Å². The lowest BCUT2D eigenvalue weighted by atomic mass is 10.1. The zero-order valence-electron chi connectivity index (χ0n) is 18.4. The maximum atomic E-state index is 11.7. The van der Waals surface area contributed by atoms with Gasteiger partial charge < -0.3 is 19.6 Å². The van der Waals surface area contributed by atoms with Gasteiger partial charge in [-0.3, -0.25) is 14.6 Å². The van der Waals surface area contributed by atoms with Crippen LogP contribution in [0.3, 0.4) is 0 Å². The number of unbranched alkanes of at least 4 members (excludes halogenated alkanes) is 7. The molecule has 0 aliphatic carbocycles. The molecule has 0 aromatic heterocycles. The molecule has 182 valence electrons. The van der Waals surface area contributed by atoms with Crippen molar-refractivity contribution in [1.82, 2.24) is 0 Å². The van der Waals surface area contributed by atoms with E-state index in [1.165, 1.54) is 0 Å². The molecule has 2 atom stereocenters. The number of aliphatic hydroxyl groups is 1. The Kier molecular flexibility index (Phi) is 18.9. The van der Waals surface area contributed by atoms with Gasteiger partial charge in [-0.05, 0) is 32.1 Å². The highest BCUT2D eigenvalue weighted by molar-refractivity contribution is 7.46. The van der Waals surface area contributed by atoms with Crippen molar-refractivity contribution in [3.8, 4) is 0 Å². The molecule has 0 amide bonds. The van der Waals surface area contributed by atoms with E-state index in [0.29, 0.717) is 12.8 Å². The van der Waals surface area contributed by atoms with Crippen LogP contribution >= 0.6 is 7.82 Å². The molecular formula is C21H39O9P. The van der Waals surface area contributed by atoms with Crippen LogP contribution in [-0.2, 0) is 23.5 Å². The van der Waals surface area contributed by atoms with Gasteiger partial charge in [0.1, 0.15) is 12.2 Å². The molecule has 0 aliphatic heterocycles. The smallest absolute Gasteiger partial charge is 0.457 e. The predicted octanol–water partition coefficient (Wildman–Crippen LogP) is 4.28. The van der Waals surface area contributed by atoms with E-state index in [1.807, 2.05) is 18.2 Å². The fraction of sp³-hybridized carbons (Fsp3) is 0.762. The molecule has 31 heavy (non-hydrogen) atoms. The Morgan fingerprint density at radius 2 is 1.68 bits per heavy atom. The number of phosphoric ester groups is 1. The molecule has 0 aromatic carbocycles. The number of hydrogen-bond acceptors (Lipinski definition) is 7. The third kappa shape index (κ3) is 20.6. The third-order valence-electron chi connectivity index (χ3n) is 4.43. The topological polar surface area (TPSA) is 143 Å². The van der Waals surface area contributed by atoms with Crippen LogP contribution in [0.15, 0.2) is 24.3 Å². The first kappa shape index (κ1) is 29.9. The second-order valence-electron chi connectivity index (χ2n) is 7.31. The summed E-state index contributed by atoms with van der Waals surface area (Å²) in [5, 5.41) is 18.0. The first-order valence-electron chi connectivity index (χ1n) is 10.9. The van der Waals surface area contributed by atoms with E-state index in [9.17, 15) is 9.36 Å². The van der Waals surface area contributed by atoms with Crippen molar-refractivity contribution in [3.63, 3.8) is 0 Å². The van der Waals surface area contributed by atoms with Crippen molar-refractivity contribution in [2.24, 2.45) is 0 Å². The number of phosphoric acid groups is 1. The number of carbonyl (C=O) groups excluding carboxylic acids is 1. The number of rotatable bonds is 20. The average Bonchev–Trinajstić information content (AvgIpc) is 2.73. The van der Waals surface area contributed by atoms with Gasteiger partial charge in [0.05, 0.1) is 13.2 Å². The highest BCUT2D eigenvalue weighted by atomic mass is 31.2. The minimum absolute atomic E-state index is 0.181. The Balaban J connectivity index is 3.73. The van der Waals surface area contributed by atoms with Crippen molar-refractivity contribution in [1.29, 1.82) is 0 Å².